The number of nitrogens with zero attached hydrogens (tertiary/aromatic N) is 1. The molecule has 0 aromatic heterocycles. The van der Waals surface area contributed by atoms with E-state index in [1.54, 1.807) is 0 Å². The Morgan fingerprint density at radius 2 is 2.13 bits per heavy atom. The van der Waals surface area contributed by atoms with E-state index in [0.29, 0.717) is 0 Å². The minimum Gasteiger partial charge on any atom is -0.492 e. The van der Waals surface area contributed by atoms with Crippen molar-refractivity contribution in [2.45, 2.75) is 49.5 Å². The van der Waals surface area contributed by atoms with Crippen molar-refractivity contribution in [2.75, 3.05) is 32.8 Å². The number of piperidine rings is 1. The Hall–Kier alpha value is -0.750. The van der Waals surface area contributed by atoms with Crippen LogP contribution in [0, 0.1) is 0 Å². The van der Waals surface area contributed by atoms with E-state index in [2.05, 4.69) is 23.1 Å². The summed E-state index contributed by atoms with van der Waals surface area (Å²) in [6.07, 6.45) is 6.20. The highest BCUT2D eigenvalue weighted by molar-refractivity contribution is 7.94. The number of hydrogen-bond acceptors (Lipinski definition) is 5. The van der Waals surface area contributed by atoms with E-state index in [-0.39, 0.29) is 6.10 Å². The molecule has 5 heteroatoms. The zero-order valence-corrected chi connectivity index (χ0v) is 14.5. The molecule has 2 aliphatic rings. The number of ether oxygens (including phenoxy) is 1. The van der Waals surface area contributed by atoms with Crippen molar-refractivity contribution in [3.63, 3.8) is 0 Å². The molecule has 0 atom stereocenters. The number of likely N-dealkylation sites (tertiary alicyclic amines) is 1. The maximum absolute atomic E-state index is 9.50. The molecule has 23 heavy (non-hydrogen) atoms. The first-order valence-electron chi connectivity index (χ1n) is 8.77. The fourth-order valence-corrected chi connectivity index (χ4v) is 3.90. The van der Waals surface area contributed by atoms with Gasteiger partial charge in [-0.25, -0.2) is 0 Å². The summed E-state index contributed by atoms with van der Waals surface area (Å²) in [5.41, 5.74) is 1.30. The predicted molar refractivity (Wildman–Crippen MR) is 93.0 cm³/mol. The van der Waals surface area contributed by atoms with Gasteiger partial charge in [0.05, 0.1) is 24.2 Å². The third kappa shape index (κ3) is 5.11. The lowest BCUT2D eigenvalue weighted by Crippen LogP contribution is -2.36. The number of rotatable bonds is 7. The molecule has 0 bridgehead atoms. The fourth-order valence-electron chi connectivity index (χ4n) is 3.17. The molecular formula is C18H27NO3S. The number of para-hydroxylation sites is 1. The van der Waals surface area contributed by atoms with Crippen LogP contribution in [0.4, 0.5) is 0 Å². The predicted octanol–water partition coefficient (Wildman–Crippen LogP) is 3.27. The zero-order chi connectivity index (χ0) is 15.9. The molecule has 0 unspecified atom stereocenters. The molecule has 0 saturated carbocycles. The molecule has 0 amide bonds. The molecule has 0 radical (unpaired) electrons. The quantitative estimate of drug-likeness (QED) is 0.611. The van der Waals surface area contributed by atoms with Crippen molar-refractivity contribution in [2.24, 2.45) is 0 Å². The summed E-state index contributed by atoms with van der Waals surface area (Å²) < 4.78 is 11.6. The first kappa shape index (κ1) is 17.1. The summed E-state index contributed by atoms with van der Waals surface area (Å²) in [4.78, 5) is 3.55. The van der Waals surface area contributed by atoms with Crippen molar-refractivity contribution >= 4 is 12.0 Å². The van der Waals surface area contributed by atoms with Crippen LogP contribution in [-0.2, 0) is 10.6 Å². The van der Waals surface area contributed by atoms with Crippen LogP contribution >= 0.6 is 12.0 Å². The topological polar surface area (TPSA) is 41.9 Å². The first-order valence-corrected chi connectivity index (χ1v) is 9.51. The molecule has 1 N–H and O–H groups in total. The largest absolute Gasteiger partial charge is 0.492 e. The average Bonchev–Trinajstić information content (AvgIpc) is 2.59. The molecular weight excluding hydrogens is 310 g/mol. The summed E-state index contributed by atoms with van der Waals surface area (Å²) >= 11 is 1.45. The van der Waals surface area contributed by atoms with Gasteiger partial charge in [0, 0.05) is 25.1 Å². The molecule has 1 aromatic carbocycles. The number of aliphatic hydroxyl groups is 1. The summed E-state index contributed by atoms with van der Waals surface area (Å²) in [7, 11) is 0. The minimum atomic E-state index is -0.0787. The smallest absolute Gasteiger partial charge is 0.138 e. The van der Waals surface area contributed by atoms with E-state index in [4.69, 9.17) is 8.92 Å². The van der Waals surface area contributed by atoms with Gasteiger partial charge < -0.3 is 18.9 Å². The van der Waals surface area contributed by atoms with Gasteiger partial charge in [0.15, 0.2) is 0 Å². The van der Waals surface area contributed by atoms with Crippen LogP contribution in [0.2, 0.25) is 0 Å². The molecule has 3 rings (SSSR count). The minimum absolute atomic E-state index is 0.0787. The molecule has 1 fully saturated rings. The highest BCUT2D eigenvalue weighted by atomic mass is 32.2. The molecule has 4 nitrogen and oxygen atoms in total. The number of unbranched alkanes of at least 4 members (excludes halogenated alkanes) is 1. The van der Waals surface area contributed by atoms with Gasteiger partial charge in [-0.3, -0.25) is 0 Å². The molecule has 2 aliphatic heterocycles. The van der Waals surface area contributed by atoms with Crippen molar-refractivity contribution < 1.29 is 14.0 Å². The fraction of sp³-hybridized carbons (Fsp3) is 0.667. The van der Waals surface area contributed by atoms with Gasteiger partial charge in [0.2, 0.25) is 0 Å². The number of aryl methyl sites for hydroxylation is 1. The summed E-state index contributed by atoms with van der Waals surface area (Å²) in [6, 6.07) is 6.31. The summed E-state index contributed by atoms with van der Waals surface area (Å²) in [5.74, 6) is 1.02. The zero-order valence-electron chi connectivity index (χ0n) is 13.7. The molecule has 128 valence electrons. The maximum Gasteiger partial charge on any atom is 0.138 e. The lowest BCUT2D eigenvalue weighted by molar-refractivity contribution is 0.0813. The van der Waals surface area contributed by atoms with Crippen LogP contribution in [0.1, 0.15) is 37.7 Å². The van der Waals surface area contributed by atoms with E-state index in [1.165, 1.54) is 17.6 Å². The van der Waals surface area contributed by atoms with Gasteiger partial charge in [-0.2, -0.15) is 0 Å². The van der Waals surface area contributed by atoms with Gasteiger partial charge in [-0.1, -0.05) is 12.1 Å². The Balaban J connectivity index is 1.31. The van der Waals surface area contributed by atoms with E-state index in [1.807, 2.05) is 0 Å². The Morgan fingerprint density at radius 3 is 3.00 bits per heavy atom. The molecule has 0 spiro atoms. The average molecular weight is 337 g/mol. The third-order valence-corrected chi connectivity index (χ3v) is 5.34. The number of fused-ring (bicyclic) bond motifs is 1. The second-order valence-corrected chi connectivity index (χ2v) is 7.22. The lowest BCUT2D eigenvalue weighted by Gasteiger charge is -2.29. The third-order valence-electron chi connectivity index (χ3n) is 4.56. The highest BCUT2D eigenvalue weighted by Gasteiger charge is 2.16. The van der Waals surface area contributed by atoms with Crippen LogP contribution in [0.25, 0.3) is 0 Å². The van der Waals surface area contributed by atoms with Gasteiger partial charge in [0.1, 0.15) is 5.75 Å². The van der Waals surface area contributed by atoms with Gasteiger partial charge in [-0.05, 0) is 56.7 Å². The van der Waals surface area contributed by atoms with Gasteiger partial charge in [-0.15, -0.1) is 0 Å². The van der Waals surface area contributed by atoms with Crippen molar-refractivity contribution in [3.8, 4) is 5.75 Å². The van der Waals surface area contributed by atoms with Crippen LogP contribution in [-0.4, -0.2) is 49.0 Å². The Morgan fingerprint density at radius 1 is 1.26 bits per heavy atom. The SMILES string of the molecule is OC1CCN(CCCCOSc2cccc3c2OCCC3)CC1. The van der Waals surface area contributed by atoms with E-state index in [0.717, 1.165) is 82.0 Å². The van der Waals surface area contributed by atoms with Crippen molar-refractivity contribution in [1.82, 2.24) is 4.90 Å². The highest BCUT2D eigenvalue weighted by Crippen LogP contribution is 2.36. The molecule has 1 saturated heterocycles. The monoisotopic (exact) mass is 337 g/mol. The molecule has 2 heterocycles. The normalized spacial score (nSPS) is 19.3. The van der Waals surface area contributed by atoms with Gasteiger partial charge in [0.25, 0.3) is 0 Å². The second-order valence-electron chi connectivity index (χ2n) is 6.38. The van der Waals surface area contributed by atoms with Gasteiger partial charge >= 0.3 is 0 Å². The standard InChI is InChI=1S/C18H27NO3S/c20-16-8-11-19(12-9-16)10-1-2-14-22-23-17-7-3-5-15-6-4-13-21-18(15)17/h3,5,7,16,20H,1-2,4,6,8-14H2. The van der Waals surface area contributed by atoms with Crippen LogP contribution in [0.15, 0.2) is 23.1 Å². The Bertz CT molecular complexity index is 489. The first-order chi connectivity index (χ1) is 11.3. The van der Waals surface area contributed by atoms with Crippen molar-refractivity contribution in [1.29, 1.82) is 0 Å². The number of benzene rings is 1. The number of aliphatic hydroxyl groups excluding tert-OH is 1. The Labute approximate surface area is 143 Å². The molecule has 1 aromatic rings. The van der Waals surface area contributed by atoms with Crippen LogP contribution in [0.5, 0.6) is 5.75 Å². The van der Waals surface area contributed by atoms with E-state index < -0.39 is 0 Å². The Kier molecular flexibility index (Phi) is 6.63. The van der Waals surface area contributed by atoms with Crippen LogP contribution < -0.4 is 4.74 Å². The second kappa shape index (κ2) is 8.92. The van der Waals surface area contributed by atoms with Crippen LogP contribution in [0.3, 0.4) is 0 Å². The summed E-state index contributed by atoms with van der Waals surface area (Å²) in [5, 5.41) is 9.50. The molecule has 0 aliphatic carbocycles. The van der Waals surface area contributed by atoms with Crippen molar-refractivity contribution in [3.05, 3.63) is 23.8 Å². The maximum atomic E-state index is 9.50. The number of hydrogen-bond donors (Lipinski definition) is 1. The summed E-state index contributed by atoms with van der Waals surface area (Å²) in [6.45, 7) is 4.76. The van der Waals surface area contributed by atoms with E-state index in [9.17, 15) is 5.11 Å². The lowest BCUT2D eigenvalue weighted by atomic mass is 10.1. The van der Waals surface area contributed by atoms with E-state index >= 15 is 0 Å².